The van der Waals surface area contributed by atoms with Crippen molar-refractivity contribution in [3.05, 3.63) is 33.3 Å². The molecule has 1 saturated carbocycles. The Morgan fingerprint density at radius 3 is 2.71 bits per heavy atom. The second-order valence-electron chi connectivity index (χ2n) is 3.88. The minimum absolute atomic E-state index is 0.105. The van der Waals surface area contributed by atoms with Crippen molar-refractivity contribution < 1.29 is 0 Å². The summed E-state index contributed by atoms with van der Waals surface area (Å²) in [6.45, 7) is 0. The molecule has 1 aliphatic carbocycles. The van der Waals surface area contributed by atoms with Crippen LogP contribution in [0.1, 0.15) is 30.9 Å². The smallest absolute Gasteiger partial charge is 0.0454 e. The molecule has 0 heterocycles. The number of nitrogens with two attached hydrogens (primary N) is 1. The highest BCUT2D eigenvalue weighted by atomic mass is 79.9. The average molecular weight is 275 g/mol. The first-order valence-corrected chi connectivity index (χ1v) is 6.06. The van der Waals surface area contributed by atoms with Crippen molar-refractivity contribution in [1.82, 2.24) is 0 Å². The molecule has 1 aromatic carbocycles. The van der Waals surface area contributed by atoms with E-state index in [9.17, 15) is 0 Å². The van der Waals surface area contributed by atoms with Gasteiger partial charge in [0.2, 0.25) is 0 Å². The molecule has 2 rings (SSSR count). The van der Waals surface area contributed by atoms with Crippen LogP contribution in [0.2, 0.25) is 5.02 Å². The summed E-state index contributed by atoms with van der Waals surface area (Å²) < 4.78 is 1.05. The van der Waals surface area contributed by atoms with Crippen LogP contribution in [-0.4, -0.2) is 0 Å². The molecule has 1 nitrogen and oxygen atoms in total. The molecule has 1 atom stereocenters. The van der Waals surface area contributed by atoms with E-state index >= 15 is 0 Å². The zero-order valence-corrected chi connectivity index (χ0v) is 10.2. The third kappa shape index (κ3) is 1.97. The van der Waals surface area contributed by atoms with Crippen molar-refractivity contribution in [2.45, 2.75) is 25.3 Å². The Balaban J connectivity index is 2.24. The molecule has 0 amide bonds. The van der Waals surface area contributed by atoms with Crippen molar-refractivity contribution in [3.63, 3.8) is 0 Å². The largest absolute Gasteiger partial charge is 0.324 e. The standard InChI is InChI=1S/C11H13BrClN/c12-8-4-5-10(13)9(6-8)11(14)7-2-1-3-7/h4-7,11H,1-3,14H2/t11-/m0/s1. The Bertz CT molecular complexity index is 336. The average Bonchev–Trinajstić information content (AvgIpc) is 2.06. The molecule has 0 bridgehead atoms. The van der Waals surface area contributed by atoms with Crippen molar-refractivity contribution in [1.29, 1.82) is 0 Å². The summed E-state index contributed by atoms with van der Waals surface area (Å²) in [7, 11) is 0. The molecule has 0 aromatic heterocycles. The Hall–Kier alpha value is -0.0500. The topological polar surface area (TPSA) is 26.0 Å². The van der Waals surface area contributed by atoms with Crippen LogP contribution in [0.5, 0.6) is 0 Å². The molecule has 0 saturated heterocycles. The van der Waals surface area contributed by atoms with E-state index < -0.39 is 0 Å². The van der Waals surface area contributed by atoms with Gasteiger partial charge in [0.1, 0.15) is 0 Å². The van der Waals surface area contributed by atoms with Crippen LogP contribution in [0, 0.1) is 5.92 Å². The van der Waals surface area contributed by atoms with Gasteiger partial charge in [0, 0.05) is 15.5 Å². The maximum Gasteiger partial charge on any atom is 0.0454 e. The van der Waals surface area contributed by atoms with Gasteiger partial charge in [0.15, 0.2) is 0 Å². The lowest BCUT2D eigenvalue weighted by Crippen LogP contribution is -2.27. The fraction of sp³-hybridized carbons (Fsp3) is 0.455. The summed E-state index contributed by atoms with van der Waals surface area (Å²) in [6, 6.07) is 5.98. The van der Waals surface area contributed by atoms with Crippen molar-refractivity contribution >= 4 is 27.5 Å². The maximum atomic E-state index is 6.16. The molecule has 2 N–H and O–H groups in total. The summed E-state index contributed by atoms with van der Waals surface area (Å²) in [4.78, 5) is 0. The van der Waals surface area contributed by atoms with Gasteiger partial charge >= 0.3 is 0 Å². The third-order valence-corrected chi connectivity index (χ3v) is 3.81. The number of halogens is 2. The maximum absolute atomic E-state index is 6.16. The summed E-state index contributed by atoms with van der Waals surface area (Å²) in [5, 5.41) is 0.785. The number of rotatable bonds is 2. The minimum atomic E-state index is 0.105. The second-order valence-corrected chi connectivity index (χ2v) is 5.21. The first kappa shape index (κ1) is 10.5. The van der Waals surface area contributed by atoms with Gasteiger partial charge in [-0.15, -0.1) is 0 Å². The molecule has 0 aliphatic heterocycles. The van der Waals surface area contributed by atoms with Gasteiger partial charge in [-0.25, -0.2) is 0 Å². The molecular formula is C11H13BrClN. The number of benzene rings is 1. The minimum Gasteiger partial charge on any atom is -0.324 e. The normalized spacial score (nSPS) is 19.1. The molecule has 0 radical (unpaired) electrons. The highest BCUT2D eigenvalue weighted by molar-refractivity contribution is 9.10. The van der Waals surface area contributed by atoms with Crippen molar-refractivity contribution in [2.24, 2.45) is 11.7 Å². The first-order valence-electron chi connectivity index (χ1n) is 4.89. The van der Waals surface area contributed by atoms with Crippen LogP contribution >= 0.6 is 27.5 Å². The Morgan fingerprint density at radius 1 is 1.43 bits per heavy atom. The van der Waals surface area contributed by atoms with Crippen LogP contribution in [0.25, 0.3) is 0 Å². The van der Waals surface area contributed by atoms with Crippen molar-refractivity contribution in [2.75, 3.05) is 0 Å². The van der Waals surface area contributed by atoms with Crippen LogP contribution in [0.15, 0.2) is 22.7 Å². The van der Waals surface area contributed by atoms with E-state index in [0.29, 0.717) is 5.92 Å². The van der Waals surface area contributed by atoms with E-state index in [1.54, 1.807) is 0 Å². The second kappa shape index (κ2) is 4.21. The highest BCUT2D eigenvalue weighted by Gasteiger charge is 2.26. The predicted molar refractivity (Wildman–Crippen MR) is 63.4 cm³/mol. The molecule has 1 fully saturated rings. The fourth-order valence-corrected chi connectivity index (χ4v) is 2.45. The highest BCUT2D eigenvalue weighted by Crippen LogP contribution is 2.38. The molecule has 0 unspecified atom stereocenters. The molecular weight excluding hydrogens is 261 g/mol. The molecule has 0 spiro atoms. The molecule has 1 aromatic rings. The monoisotopic (exact) mass is 273 g/mol. The lowest BCUT2D eigenvalue weighted by atomic mass is 9.77. The van der Waals surface area contributed by atoms with E-state index in [-0.39, 0.29) is 6.04 Å². The van der Waals surface area contributed by atoms with Gasteiger partial charge in [-0.3, -0.25) is 0 Å². The molecule has 76 valence electrons. The van der Waals surface area contributed by atoms with Crippen molar-refractivity contribution in [3.8, 4) is 0 Å². The summed E-state index contributed by atoms with van der Waals surface area (Å²) in [6.07, 6.45) is 3.79. The Kier molecular flexibility index (Phi) is 3.15. The van der Waals surface area contributed by atoms with E-state index in [4.69, 9.17) is 17.3 Å². The van der Waals surface area contributed by atoms with E-state index in [0.717, 1.165) is 15.1 Å². The van der Waals surface area contributed by atoms with Crippen LogP contribution in [0.4, 0.5) is 0 Å². The molecule has 1 aliphatic rings. The van der Waals surface area contributed by atoms with Gasteiger partial charge in [0.05, 0.1) is 0 Å². The summed E-state index contributed by atoms with van der Waals surface area (Å²) >= 11 is 9.55. The van der Waals surface area contributed by atoms with Gasteiger partial charge < -0.3 is 5.73 Å². The van der Waals surface area contributed by atoms with E-state index in [2.05, 4.69) is 15.9 Å². The Morgan fingerprint density at radius 2 is 2.14 bits per heavy atom. The van der Waals surface area contributed by atoms with Gasteiger partial charge in [0.25, 0.3) is 0 Å². The lowest BCUT2D eigenvalue weighted by molar-refractivity contribution is 0.264. The SMILES string of the molecule is N[C@H](c1cc(Br)ccc1Cl)C1CCC1. The van der Waals surface area contributed by atoms with E-state index in [1.165, 1.54) is 19.3 Å². The fourth-order valence-electron chi connectivity index (χ4n) is 1.82. The zero-order chi connectivity index (χ0) is 10.1. The van der Waals surface area contributed by atoms with Crippen LogP contribution in [0.3, 0.4) is 0 Å². The molecule has 3 heteroatoms. The summed E-state index contributed by atoms with van der Waals surface area (Å²) in [5.74, 6) is 0.627. The van der Waals surface area contributed by atoms with Crippen LogP contribution < -0.4 is 5.73 Å². The van der Waals surface area contributed by atoms with E-state index in [1.807, 2.05) is 18.2 Å². The van der Waals surface area contributed by atoms with Gasteiger partial charge in [-0.1, -0.05) is 34.0 Å². The summed E-state index contributed by atoms with van der Waals surface area (Å²) in [5.41, 5.74) is 7.24. The Labute approximate surface area is 97.8 Å². The quantitative estimate of drug-likeness (QED) is 0.869. The molecule has 14 heavy (non-hydrogen) atoms. The first-order chi connectivity index (χ1) is 6.68. The number of hydrogen-bond acceptors (Lipinski definition) is 1. The zero-order valence-electron chi connectivity index (χ0n) is 7.84. The third-order valence-electron chi connectivity index (χ3n) is 2.97. The van der Waals surface area contributed by atoms with Gasteiger partial charge in [-0.05, 0) is 42.5 Å². The predicted octanol–water partition coefficient (Wildman–Crippen LogP) is 3.90. The van der Waals surface area contributed by atoms with Gasteiger partial charge in [-0.2, -0.15) is 0 Å². The number of hydrogen-bond donors (Lipinski definition) is 1. The van der Waals surface area contributed by atoms with Crippen LogP contribution in [-0.2, 0) is 0 Å². The lowest BCUT2D eigenvalue weighted by Gasteiger charge is -2.32.